The molecule has 0 aliphatic heterocycles. The van der Waals surface area contributed by atoms with Crippen molar-refractivity contribution in [1.29, 1.82) is 0 Å². The Bertz CT molecular complexity index is 618. The van der Waals surface area contributed by atoms with Gasteiger partial charge in [0.1, 0.15) is 0 Å². The Balaban J connectivity index is 2.11. The van der Waals surface area contributed by atoms with Gasteiger partial charge in [-0.2, -0.15) is 0 Å². The normalized spacial score (nSPS) is 11.8. The van der Waals surface area contributed by atoms with E-state index < -0.39 is 0 Å². The van der Waals surface area contributed by atoms with E-state index in [2.05, 4.69) is 64.1 Å². The van der Waals surface area contributed by atoms with Crippen LogP contribution in [0.15, 0.2) is 40.9 Å². The molecule has 1 unspecified atom stereocenters. The molecule has 2 aromatic rings. The maximum atomic E-state index is 4.69. The van der Waals surface area contributed by atoms with Crippen LogP contribution in [0, 0.1) is 27.7 Å². The van der Waals surface area contributed by atoms with E-state index in [9.17, 15) is 0 Å². The first kappa shape index (κ1) is 14.4. The highest BCUT2D eigenvalue weighted by molar-refractivity contribution is 7.53. The van der Waals surface area contributed by atoms with Gasteiger partial charge in [-0.25, -0.2) is 4.52 Å². The SMILES string of the molecule is Cc1ccc(P=NPc2ccc(C)cc2C)c(C)c1. The highest BCUT2D eigenvalue weighted by Gasteiger charge is 1.98. The minimum absolute atomic E-state index is 0.531. The first-order chi connectivity index (χ1) is 9.06. The second-order valence-corrected chi connectivity index (χ2v) is 7.16. The van der Waals surface area contributed by atoms with Gasteiger partial charge in [0.15, 0.2) is 0 Å². The predicted octanol–water partition coefficient (Wildman–Crippen LogP) is 4.59. The van der Waals surface area contributed by atoms with Gasteiger partial charge in [0, 0.05) is 22.4 Å². The van der Waals surface area contributed by atoms with Crippen LogP contribution in [-0.2, 0) is 0 Å². The van der Waals surface area contributed by atoms with Crippen LogP contribution < -0.4 is 10.6 Å². The molecule has 0 aromatic heterocycles. The van der Waals surface area contributed by atoms with Gasteiger partial charge in [-0.1, -0.05) is 41.5 Å². The van der Waals surface area contributed by atoms with Crippen molar-refractivity contribution in [2.75, 3.05) is 0 Å². The molecule has 0 heterocycles. The van der Waals surface area contributed by atoms with E-state index in [-0.39, 0.29) is 0 Å². The summed E-state index contributed by atoms with van der Waals surface area (Å²) in [4.78, 5) is 0. The third kappa shape index (κ3) is 3.96. The lowest BCUT2D eigenvalue weighted by Gasteiger charge is -2.03. The van der Waals surface area contributed by atoms with Crippen LogP contribution in [-0.4, -0.2) is 0 Å². The first-order valence-corrected chi connectivity index (χ1v) is 8.17. The van der Waals surface area contributed by atoms with Crippen LogP contribution in [0.4, 0.5) is 0 Å². The van der Waals surface area contributed by atoms with Crippen LogP contribution >= 0.6 is 17.1 Å². The molecule has 2 aromatic carbocycles. The Morgan fingerprint density at radius 2 is 1.47 bits per heavy atom. The molecule has 98 valence electrons. The molecule has 2 rings (SSSR count). The lowest BCUT2D eigenvalue weighted by atomic mass is 10.2. The number of hydrogen-bond donors (Lipinski definition) is 0. The smallest absolute Gasteiger partial charge is 0.0442 e. The monoisotopic (exact) mass is 287 g/mol. The Labute approximate surface area is 119 Å². The number of benzene rings is 2. The average molecular weight is 287 g/mol. The third-order valence-electron chi connectivity index (χ3n) is 3.06. The molecule has 1 nitrogen and oxygen atoms in total. The van der Waals surface area contributed by atoms with Crippen LogP contribution in [0.25, 0.3) is 0 Å². The Hall–Kier alpha value is -1.03. The van der Waals surface area contributed by atoms with E-state index in [1.54, 1.807) is 0 Å². The van der Waals surface area contributed by atoms with Crippen molar-refractivity contribution < 1.29 is 0 Å². The maximum absolute atomic E-state index is 4.69. The summed E-state index contributed by atoms with van der Waals surface area (Å²) in [6.07, 6.45) is 0. The van der Waals surface area contributed by atoms with Gasteiger partial charge in [0.2, 0.25) is 0 Å². The fourth-order valence-corrected chi connectivity index (χ4v) is 3.82. The molecule has 3 heteroatoms. The Kier molecular flexibility index (Phi) is 4.86. The summed E-state index contributed by atoms with van der Waals surface area (Å²) in [5.41, 5.74) is 5.31. The van der Waals surface area contributed by atoms with Crippen LogP contribution in [0.3, 0.4) is 0 Å². The maximum Gasteiger partial charge on any atom is 0.0442 e. The molecule has 1 atom stereocenters. The third-order valence-corrected chi connectivity index (χ3v) is 5.38. The van der Waals surface area contributed by atoms with Crippen molar-refractivity contribution in [3.63, 3.8) is 0 Å². The van der Waals surface area contributed by atoms with Crippen molar-refractivity contribution in [1.82, 2.24) is 0 Å². The fourth-order valence-electron chi connectivity index (χ4n) is 1.99. The largest absolute Gasteiger partial charge is 0.239 e. The van der Waals surface area contributed by atoms with Gasteiger partial charge < -0.3 is 0 Å². The first-order valence-electron chi connectivity index (χ1n) is 6.37. The summed E-state index contributed by atoms with van der Waals surface area (Å²) in [6, 6.07) is 13.2. The number of nitrogens with zero attached hydrogens (tertiary/aromatic N) is 1. The van der Waals surface area contributed by atoms with Gasteiger partial charge in [-0.3, -0.25) is 0 Å². The molecule has 19 heavy (non-hydrogen) atoms. The molecular weight excluding hydrogens is 268 g/mol. The zero-order valence-electron chi connectivity index (χ0n) is 11.9. The number of hydrogen-bond acceptors (Lipinski definition) is 1. The van der Waals surface area contributed by atoms with Crippen LogP contribution in [0.1, 0.15) is 22.3 Å². The summed E-state index contributed by atoms with van der Waals surface area (Å²) >= 11 is 0. The van der Waals surface area contributed by atoms with Gasteiger partial charge in [0.25, 0.3) is 0 Å². The molecule has 0 N–H and O–H groups in total. The van der Waals surface area contributed by atoms with E-state index >= 15 is 0 Å². The van der Waals surface area contributed by atoms with Gasteiger partial charge in [-0.05, 0) is 50.2 Å². The van der Waals surface area contributed by atoms with Gasteiger partial charge >= 0.3 is 0 Å². The second kappa shape index (κ2) is 6.42. The molecule has 0 amide bonds. The summed E-state index contributed by atoms with van der Waals surface area (Å²) < 4.78 is 4.69. The summed E-state index contributed by atoms with van der Waals surface area (Å²) in [7, 11) is 1.61. The van der Waals surface area contributed by atoms with Crippen molar-refractivity contribution in [3.8, 4) is 0 Å². The molecule has 0 aliphatic carbocycles. The van der Waals surface area contributed by atoms with E-state index in [0.29, 0.717) is 8.73 Å². The number of aryl methyl sites for hydroxylation is 4. The van der Waals surface area contributed by atoms with E-state index in [0.717, 1.165) is 8.37 Å². The standard InChI is InChI=1S/C16H19NP2/c1-11-5-7-15(13(3)9-11)18-17-19-16-8-6-12(2)10-14(16)4/h5-10,18H,1-4H3. The number of rotatable bonds is 3. The minimum atomic E-state index is 0.531. The van der Waals surface area contributed by atoms with Gasteiger partial charge in [-0.15, -0.1) is 0 Å². The quantitative estimate of drug-likeness (QED) is 0.732. The van der Waals surface area contributed by atoms with E-state index in [4.69, 9.17) is 4.52 Å². The van der Waals surface area contributed by atoms with Crippen LogP contribution in [0.2, 0.25) is 0 Å². The minimum Gasteiger partial charge on any atom is -0.239 e. The fraction of sp³-hybridized carbons (Fsp3) is 0.250. The molecule has 0 spiro atoms. The molecule has 0 aliphatic rings. The topological polar surface area (TPSA) is 12.4 Å². The molecule has 0 radical (unpaired) electrons. The van der Waals surface area contributed by atoms with Crippen molar-refractivity contribution in [2.45, 2.75) is 27.7 Å². The Morgan fingerprint density at radius 1 is 0.842 bits per heavy atom. The summed E-state index contributed by atoms with van der Waals surface area (Å²) in [6.45, 7) is 8.58. The lowest BCUT2D eigenvalue weighted by molar-refractivity contribution is 1.41. The van der Waals surface area contributed by atoms with Gasteiger partial charge in [0.05, 0.1) is 0 Å². The summed E-state index contributed by atoms with van der Waals surface area (Å²) in [5.74, 6) is 0. The lowest BCUT2D eigenvalue weighted by Crippen LogP contribution is -1.99. The predicted molar refractivity (Wildman–Crippen MR) is 88.8 cm³/mol. The van der Waals surface area contributed by atoms with E-state index in [1.165, 1.54) is 32.9 Å². The molecule has 0 bridgehead atoms. The molecular formula is C16H19NP2. The van der Waals surface area contributed by atoms with Crippen LogP contribution in [0.5, 0.6) is 0 Å². The summed E-state index contributed by atoms with van der Waals surface area (Å²) in [5, 5.41) is 2.66. The highest BCUT2D eigenvalue weighted by atomic mass is 31.1. The zero-order valence-corrected chi connectivity index (χ0v) is 13.8. The van der Waals surface area contributed by atoms with E-state index in [1.807, 2.05) is 0 Å². The Morgan fingerprint density at radius 3 is 2.11 bits per heavy atom. The molecule has 0 fully saturated rings. The van der Waals surface area contributed by atoms with Crippen molar-refractivity contribution in [2.24, 2.45) is 4.52 Å². The van der Waals surface area contributed by atoms with Crippen molar-refractivity contribution >= 4 is 27.7 Å². The molecule has 0 saturated heterocycles. The second-order valence-electron chi connectivity index (χ2n) is 4.92. The molecule has 0 saturated carbocycles. The van der Waals surface area contributed by atoms with Crippen molar-refractivity contribution in [3.05, 3.63) is 58.7 Å². The highest BCUT2D eigenvalue weighted by Crippen LogP contribution is 2.21. The zero-order chi connectivity index (χ0) is 13.8. The average Bonchev–Trinajstić information content (AvgIpc) is 2.34.